The van der Waals surface area contributed by atoms with Crippen molar-refractivity contribution in [3.63, 3.8) is 0 Å². The van der Waals surface area contributed by atoms with Gasteiger partial charge in [0.1, 0.15) is 0 Å². The van der Waals surface area contributed by atoms with Crippen LogP contribution >= 0.6 is 0 Å². The van der Waals surface area contributed by atoms with Gasteiger partial charge in [-0.05, 0) is 18.8 Å². The molecule has 0 radical (unpaired) electrons. The van der Waals surface area contributed by atoms with Crippen LogP contribution in [0.25, 0.3) is 0 Å². The molecule has 1 aliphatic carbocycles. The Labute approximate surface area is 86.3 Å². The van der Waals surface area contributed by atoms with Gasteiger partial charge in [-0.25, -0.2) is 0 Å². The van der Waals surface area contributed by atoms with Crippen molar-refractivity contribution in [3.8, 4) is 0 Å². The summed E-state index contributed by atoms with van der Waals surface area (Å²) in [5.41, 5.74) is 5.87. The summed E-state index contributed by atoms with van der Waals surface area (Å²) < 4.78 is 0. The molecule has 0 bridgehead atoms. The van der Waals surface area contributed by atoms with Gasteiger partial charge in [0, 0.05) is 12.6 Å². The highest BCUT2D eigenvalue weighted by molar-refractivity contribution is 4.77. The molecule has 0 saturated heterocycles. The van der Waals surface area contributed by atoms with Crippen LogP contribution in [0.4, 0.5) is 0 Å². The molecular weight excluding hydrogens is 178 g/mol. The molecule has 0 spiro atoms. The first-order valence-electron chi connectivity index (χ1n) is 5.78. The van der Waals surface area contributed by atoms with Gasteiger partial charge >= 0.3 is 0 Å². The molecule has 14 heavy (non-hydrogen) atoms. The third-order valence-corrected chi connectivity index (χ3v) is 3.25. The maximum Gasteiger partial charge on any atom is 0.0713 e. The Morgan fingerprint density at radius 2 is 1.86 bits per heavy atom. The van der Waals surface area contributed by atoms with Gasteiger partial charge in [0.25, 0.3) is 0 Å². The summed E-state index contributed by atoms with van der Waals surface area (Å²) in [7, 11) is 0. The highest BCUT2D eigenvalue weighted by Crippen LogP contribution is 2.27. The molecule has 3 heteroatoms. The molecule has 0 unspecified atom stereocenters. The number of rotatable bonds is 5. The second-order valence-corrected chi connectivity index (χ2v) is 4.48. The highest BCUT2D eigenvalue weighted by Gasteiger charge is 2.20. The van der Waals surface area contributed by atoms with Gasteiger partial charge in [-0.2, -0.15) is 0 Å². The fraction of sp³-hybridized carbons (Fsp3) is 1.00. The topological polar surface area (TPSA) is 66.5 Å². The first-order valence-corrected chi connectivity index (χ1v) is 5.78. The lowest BCUT2D eigenvalue weighted by Gasteiger charge is -2.26. The average molecular weight is 201 g/mol. The third kappa shape index (κ3) is 3.95. The SMILES string of the molecule is N[C@@H](CC1CCCCC1)[C@@H](O)CCO. The third-order valence-electron chi connectivity index (χ3n) is 3.25. The van der Waals surface area contributed by atoms with Crippen molar-refractivity contribution in [2.75, 3.05) is 6.61 Å². The molecule has 4 N–H and O–H groups in total. The molecule has 2 atom stereocenters. The van der Waals surface area contributed by atoms with E-state index in [-0.39, 0.29) is 12.6 Å². The van der Waals surface area contributed by atoms with E-state index in [1.165, 1.54) is 32.1 Å². The molecule has 0 aromatic rings. The molecular formula is C11H23NO2. The molecule has 1 aliphatic rings. The number of hydrogen-bond donors (Lipinski definition) is 3. The molecule has 0 aliphatic heterocycles. The fourth-order valence-electron chi connectivity index (χ4n) is 2.31. The molecule has 0 heterocycles. The van der Waals surface area contributed by atoms with Crippen LogP contribution in [0.5, 0.6) is 0 Å². The summed E-state index contributed by atoms with van der Waals surface area (Å²) >= 11 is 0. The first-order chi connectivity index (χ1) is 6.74. The molecule has 84 valence electrons. The van der Waals surface area contributed by atoms with Crippen molar-refractivity contribution >= 4 is 0 Å². The van der Waals surface area contributed by atoms with Crippen LogP contribution in [-0.2, 0) is 0 Å². The Kier molecular flexibility index (Phi) is 5.45. The van der Waals surface area contributed by atoms with E-state index < -0.39 is 6.10 Å². The van der Waals surface area contributed by atoms with E-state index in [4.69, 9.17) is 10.8 Å². The normalized spacial score (nSPS) is 23.4. The molecule has 0 amide bonds. The Morgan fingerprint density at radius 3 is 2.43 bits per heavy atom. The summed E-state index contributed by atoms with van der Waals surface area (Å²) in [4.78, 5) is 0. The van der Waals surface area contributed by atoms with Crippen LogP contribution in [0.3, 0.4) is 0 Å². The van der Waals surface area contributed by atoms with Crippen molar-refractivity contribution in [2.45, 2.75) is 57.1 Å². The zero-order chi connectivity index (χ0) is 10.4. The van der Waals surface area contributed by atoms with Gasteiger partial charge in [-0.3, -0.25) is 0 Å². The average Bonchev–Trinajstić information content (AvgIpc) is 2.19. The molecule has 1 fully saturated rings. The summed E-state index contributed by atoms with van der Waals surface area (Å²) in [5, 5.41) is 18.2. The standard InChI is InChI=1S/C11H23NO2/c12-10(11(14)6-7-13)8-9-4-2-1-3-5-9/h9-11,13-14H,1-8,12H2/t10-,11-/m0/s1. The number of nitrogens with two attached hydrogens (primary N) is 1. The van der Waals surface area contributed by atoms with Gasteiger partial charge in [-0.15, -0.1) is 0 Å². The van der Waals surface area contributed by atoms with E-state index in [0.29, 0.717) is 12.3 Å². The van der Waals surface area contributed by atoms with Crippen LogP contribution in [0.15, 0.2) is 0 Å². The minimum atomic E-state index is -0.526. The van der Waals surface area contributed by atoms with Crippen LogP contribution < -0.4 is 5.73 Å². The molecule has 0 aromatic carbocycles. The molecule has 3 nitrogen and oxygen atoms in total. The maximum atomic E-state index is 9.56. The minimum Gasteiger partial charge on any atom is -0.396 e. The van der Waals surface area contributed by atoms with Crippen molar-refractivity contribution in [1.82, 2.24) is 0 Å². The lowest BCUT2D eigenvalue weighted by molar-refractivity contribution is 0.0964. The van der Waals surface area contributed by atoms with E-state index in [1.807, 2.05) is 0 Å². The Bertz CT molecular complexity index is 146. The molecule has 0 aromatic heterocycles. The zero-order valence-corrected chi connectivity index (χ0v) is 8.86. The fourth-order valence-corrected chi connectivity index (χ4v) is 2.31. The second-order valence-electron chi connectivity index (χ2n) is 4.48. The second kappa shape index (κ2) is 6.38. The lowest BCUT2D eigenvalue weighted by atomic mass is 9.83. The first kappa shape index (κ1) is 12.0. The number of hydrogen-bond acceptors (Lipinski definition) is 3. The van der Waals surface area contributed by atoms with Crippen molar-refractivity contribution in [1.29, 1.82) is 0 Å². The van der Waals surface area contributed by atoms with Crippen LogP contribution in [-0.4, -0.2) is 29.0 Å². The Balaban J connectivity index is 2.20. The van der Waals surface area contributed by atoms with Crippen molar-refractivity contribution in [3.05, 3.63) is 0 Å². The van der Waals surface area contributed by atoms with E-state index in [1.54, 1.807) is 0 Å². The predicted octanol–water partition coefficient (Wildman–Crippen LogP) is 1.03. The smallest absolute Gasteiger partial charge is 0.0713 e. The van der Waals surface area contributed by atoms with Gasteiger partial charge in [0.15, 0.2) is 0 Å². The monoisotopic (exact) mass is 201 g/mol. The highest BCUT2D eigenvalue weighted by atomic mass is 16.3. The van der Waals surface area contributed by atoms with Crippen LogP contribution in [0.2, 0.25) is 0 Å². The Hall–Kier alpha value is -0.120. The summed E-state index contributed by atoms with van der Waals surface area (Å²) in [5.74, 6) is 0.701. The lowest BCUT2D eigenvalue weighted by Crippen LogP contribution is -2.37. The molecule has 1 saturated carbocycles. The van der Waals surface area contributed by atoms with E-state index in [9.17, 15) is 5.11 Å². The van der Waals surface area contributed by atoms with E-state index in [2.05, 4.69) is 0 Å². The summed E-state index contributed by atoms with van der Waals surface area (Å²) in [6.07, 6.45) is 7.31. The van der Waals surface area contributed by atoms with E-state index >= 15 is 0 Å². The molecule has 1 rings (SSSR count). The van der Waals surface area contributed by atoms with Crippen molar-refractivity contribution < 1.29 is 10.2 Å². The van der Waals surface area contributed by atoms with Crippen molar-refractivity contribution in [2.24, 2.45) is 11.7 Å². The Morgan fingerprint density at radius 1 is 1.21 bits per heavy atom. The van der Waals surface area contributed by atoms with Gasteiger partial charge in [0.05, 0.1) is 6.10 Å². The number of aliphatic hydroxyl groups excluding tert-OH is 2. The largest absolute Gasteiger partial charge is 0.396 e. The maximum absolute atomic E-state index is 9.56. The van der Waals surface area contributed by atoms with E-state index in [0.717, 1.165) is 6.42 Å². The zero-order valence-electron chi connectivity index (χ0n) is 8.86. The quantitative estimate of drug-likeness (QED) is 0.622. The minimum absolute atomic E-state index is 0.0273. The van der Waals surface area contributed by atoms with Crippen LogP contribution in [0, 0.1) is 5.92 Å². The summed E-state index contributed by atoms with van der Waals surface area (Å²) in [6, 6.07) is -0.148. The van der Waals surface area contributed by atoms with Gasteiger partial charge < -0.3 is 15.9 Å². The van der Waals surface area contributed by atoms with Crippen LogP contribution in [0.1, 0.15) is 44.9 Å². The van der Waals surface area contributed by atoms with Gasteiger partial charge in [0.2, 0.25) is 0 Å². The number of aliphatic hydroxyl groups is 2. The summed E-state index contributed by atoms with van der Waals surface area (Å²) in [6.45, 7) is 0.0273. The van der Waals surface area contributed by atoms with Gasteiger partial charge in [-0.1, -0.05) is 32.1 Å². The predicted molar refractivity (Wildman–Crippen MR) is 56.9 cm³/mol.